The molecule has 0 aliphatic carbocycles. The van der Waals surface area contributed by atoms with Crippen molar-refractivity contribution in [2.45, 2.75) is 13.8 Å². The van der Waals surface area contributed by atoms with E-state index in [0.717, 1.165) is 0 Å². The Balaban J connectivity index is 2.84. The minimum Gasteiger partial charge on any atom is -0.462 e. The Bertz CT molecular complexity index is 444. The van der Waals surface area contributed by atoms with Gasteiger partial charge in [-0.05, 0) is 26.0 Å². The van der Waals surface area contributed by atoms with Crippen LogP contribution in [0.3, 0.4) is 0 Å². The molecule has 0 aliphatic heterocycles. The molecule has 1 aromatic rings. The molecule has 0 saturated heterocycles. The topological polar surface area (TPSA) is 64.3 Å². The van der Waals surface area contributed by atoms with Crippen molar-refractivity contribution >= 4 is 28.9 Å². The summed E-state index contributed by atoms with van der Waals surface area (Å²) in [7, 11) is 0. The van der Waals surface area contributed by atoms with Gasteiger partial charge < -0.3 is 15.8 Å². The van der Waals surface area contributed by atoms with E-state index in [-0.39, 0.29) is 11.6 Å². The maximum Gasteiger partial charge on any atom is 0.351 e. The van der Waals surface area contributed by atoms with Gasteiger partial charge in [0.05, 0.1) is 18.0 Å². The third-order valence-corrected chi connectivity index (χ3v) is 2.50. The molecular formula is C12H15ClN2O2. The van der Waals surface area contributed by atoms with E-state index in [4.69, 9.17) is 22.1 Å². The Kier molecular flexibility index (Phi) is 4.84. The van der Waals surface area contributed by atoms with Crippen LogP contribution >= 0.6 is 11.6 Å². The van der Waals surface area contributed by atoms with Gasteiger partial charge in [0.1, 0.15) is 5.03 Å². The lowest BCUT2D eigenvalue weighted by molar-refractivity contribution is -0.137. The molecule has 1 rings (SSSR count). The number of nitrogen functional groups attached to an aromatic ring is 1. The van der Waals surface area contributed by atoms with Gasteiger partial charge in [-0.1, -0.05) is 23.7 Å². The number of rotatable bonds is 4. The van der Waals surface area contributed by atoms with E-state index >= 15 is 0 Å². The number of anilines is 2. The molecule has 4 nitrogen and oxygen atoms in total. The van der Waals surface area contributed by atoms with Crippen LogP contribution in [0.4, 0.5) is 11.4 Å². The van der Waals surface area contributed by atoms with E-state index in [9.17, 15) is 4.79 Å². The van der Waals surface area contributed by atoms with Crippen LogP contribution in [0.25, 0.3) is 0 Å². The lowest BCUT2D eigenvalue weighted by atomic mass is 10.2. The summed E-state index contributed by atoms with van der Waals surface area (Å²) in [5.74, 6) is -0.548. The average Bonchev–Trinajstić information content (AvgIpc) is 2.31. The number of halogens is 1. The minimum atomic E-state index is -0.548. The van der Waals surface area contributed by atoms with Gasteiger partial charge in [0.2, 0.25) is 0 Å². The zero-order valence-electron chi connectivity index (χ0n) is 9.79. The number of carbonyl (C=O) groups excluding carboxylic acids is 1. The fourth-order valence-electron chi connectivity index (χ4n) is 1.22. The zero-order chi connectivity index (χ0) is 12.8. The summed E-state index contributed by atoms with van der Waals surface area (Å²) in [6.07, 6.45) is 0. The molecule has 0 spiro atoms. The highest BCUT2D eigenvalue weighted by Crippen LogP contribution is 2.21. The number of benzene rings is 1. The first-order chi connectivity index (χ1) is 8.06. The first kappa shape index (κ1) is 13.4. The van der Waals surface area contributed by atoms with Gasteiger partial charge in [-0.15, -0.1) is 0 Å². The Morgan fingerprint density at radius 3 is 2.71 bits per heavy atom. The summed E-state index contributed by atoms with van der Waals surface area (Å²) in [5.41, 5.74) is 7.55. The number of carbonyl (C=O) groups is 1. The van der Waals surface area contributed by atoms with Crippen molar-refractivity contribution in [3.05, 3.63) is 35.0 Å². The van der Waals surface area contributed by atoms with E-state index in [0.29, 0.717) is 17.1 Å². The molecule has 0 aromatic heterocycles. The normalized spacial score (nSPS) is 11.7. The molecule has 0 heterocycles. The number of hydrogen-bond donors (Lipinski definition) is 2. The fraction of sp³-hybridized carbons (Fsp3) is 0.250. The Hall–Kier alpha value is -1.68. The monoisotopic (exact) mass is 254 g/mol. The predicted molar refractivity (Wildman–Crippen MR) is 69.7 cm³/mol. The van der Waals surface area contributed by atoms with Crippen LogP contribution in [-0.4, -0.2) is 12.6 Å². The summed E-state index contributed by atoms with van der Waals surface area (Å²) < 4.78 is 4.79. The van der Waals surface area contributed by atoms with Gasteiger partial charge in [-0.3, -0.25) is 0 Å². The molecule has 0 amide bonds. The maximum absolute atomic E-state index is 11.4. The second kappa shape index (κ2) is 6.15. The highest BCUT2D eigenvalue weighted by molar-refractivity contribution is 6.41. The summed E-state index contributed by atoms with van der Waals surface area (Å²) in [5, 5.41) is 2.99. The maximum atomic E-state index is 11.4. The summed E-state index contributed by atoms with van der Waals surface area (Å²) >= 11 is 5.86. The molecule has 0 atom stereocenters. The second-order valence-electron chi connectivity index (χ2n) is 3.37. The standard InChI is InChI=1S/C12H15ClN2O2/c1-3-17-12(16)11(13)8(2)15-10-7-5-4-6-9(10)14/h4-7,15H,3,14H2,1-2H3/b11-8+. The molecule has 0 fully saturated rings. The van der Waals surface area contributed by atoms with Crippen LogP contribution in [0.5, 0.6) is 0 Å². The number of hydrogen-bond acceptors (Lipinski definition) is 4. The van der Waals surface area contributed by atoms with E-state index in [1.165, 1.54) is 0 Å². The number of para-hydroxylation sites is 2. The van der Waals surface area contributed by atoms with Crippen LogP contribution < -0.4 is 11.1 Å². The van der Waals surface area contributed by atoms with Crippen LogP contribution in [-0.2, 0) is 9.53 Å². The highest BCUT2D eigenvalue weighted by Gasteiger charge is 2.11. The molecule has 5 heteroatoms. The highest BCUT2D eigenvalue weighted by atomic mass is 35.5. The van der Waals surface area contributed by atoms with E-state index in [2.05, 4.69) is 5.32 Å². The van der Waals surface area contributed by atoms with Gasteiger partial charge in [0, 0.05) is 5.70 Å². The van der Waals surface area contributed by atoms with Crippen molar-refractivity contribution in [1.82, 2.24) is 0 Å². The minimum absolute atomic E-state index is 0.0232. The second-order valence-corrected chi connectivity index (χ2v) is 3.75. The van der Waals surface area contributed by atoms with Crippen LogP contribution in [0.2, 0.25) is 0 Å². The predicted octanol–water partition coefficient (Wildman–Crippen LogP) is 2.71. The summed E-state index contributed by atoms with van der Waals surface area (Å²) in [6, 6.07) is 7.22. The third-order valence-electron chi connectivity index (χ3n) is 2.07. The number of ether oxygens (including phenoxy) is 1. The van der Waals surface area contributed by atoms with Gasteiger partial charge in [0.25, 0.3) is 0 Å². The van der Waals surface area contributed by atoms with Crippen molar-refractivity contribution in [3.8, 4) is 0 Å². The molecular weight excluding hydrogens is 240 g/mol. The molecule has 0 radical (unpaired) electrons. The Morgan fingerprint density at radius 1 is 1.47 bits per heavy atom. The first-order valence-corrected chi connectivity index (χ1v) is 5.59. The number of nitrogens with one attached hydrogen (secondary N) is 1. The Morgan fingerprint density at radius 2 is 2.12 bits per heavy atom. The lowest BCUT2D eigenvalue weighted by Gasteiger charge is -2.10. The van der Waals surface area contributed by atoms with Gasteiger partial charge in [0.15, 0.2) is 0 Å². The third kappa shape index (κ3) is 3.67. The van der Waals surface area contributed by atoms with E-state index < -0.39 is 5.97 Å². The number of allylic oxidation sites excluding steroid dienone is 1. The molecule has 1 aromatic carbocycles. The fourth-order valence-corrected chi connectivity index (χ4v) is 1.32. The van der Waals surface area contributed by atoms with Gasteiger partial charge in [-0.25, -0.2) is 4.79 Å². The summed E-state index contributed by atoms with van der Waals surface area (Å²) in [4.78, 5) is 11.4. The van der Waals surface area contributed by atoms with Crippen molar-refractivity contribution in [1.29, 1.82) is 0 Å². The summed E-state index contributed by atoms with van der Waals surface area (Å²) in [6.45, 7) is 3.70. The average molecular weight is 255 g/mol. The lowest BCUT2D eigenvalue weighted by Crippen LogP contribution is -2.09. The van der Waals surface area contributed by atoms with Crippen molar-refractivity contribution in [3.63, 3.8) is 0 Å². The van der Waals surface area contributed by atoms with Gasteiger partial charge in [-0.2, -0.15) is 0 Å². The van der Waals surface area contributed by atoms with Crippen molar-refractivity contribution < 1.29 is 9.53 Å². The van der Waals surface area contributed by atoms with Crippen LogP contribution in [0.1, 0.15) is 13.8 Å². The Labute approximate surface area is 105 Å². The molecule has 0 aliphatic rings. The van der Waals surface area contributed by atoms with Gasteiger partial charge >= 0.3 is 5.97 Å². The van der Waals surface area contributed by atoms with Crippen molar-refractivity contribution in [2.75, 3.05) is 17.7 Å². The first-order valence-electron chi connectivity index (χ1n) is 5.21. The number of esters is 1. The van der Waals surface area contributed by atoms with Crippen LogP contribution in [0, 0.1) is 0 Å². The molecule has 3 N–H and O–H groups in total. The molecule has 92 valence electrons. The smallest absolute Gasteiger partial charge is 0.351 e. The molecule has 0 unspecified atom stereocenters. The quantitative estimate of drug-likeness (QED) is 0.493. The SMILES string of the molecule is CCOC(=O)/C(Cl)=C(/C)Nc1ccccc1N. The molecule has 17 heavy (non-hydrogen) atoms. The molecule has 0 bridgehead atoms. The van der Waals surface area contributed by atoms with E-state index in [1.54, 1.807) is 26.0 Å². The largest absolute Gasteiger partial charge is 0.462 e. The zero-order valence-corrected chi connectivity index (χ0v) is 10.5. The van der Waals surface area contributed by atoms with Crippen LogP contribution in [0.15, 0.2) is 35.0 Å². The number of nitrogens with two attached hydrogens (primary N) is 1. The van der Waals surface area contributed by atoms with Crippen molar-refractivity contribution in [2.24, 2.45) is 0 Å². The van der Waals surface area contributed by atoms with E-state index in [1.807, 2.05) is 12.1 Å². The molecule has 0 saturated carbocycles.